The van der Waals surface area contributed by atoms with Crippen LogP contribution in [-0.4, -0.2) is 21.5 Å². The van der Waals surface area contributed by atoms with E-state index in [9.17, 15) is 17.1 Å². The van der Waals surface area contributed by atoms with Gasteiger partial charge in [-0.3, -0.25) is 0 Å². The van der Waals surface area contributed by atoms with E-state index in [-0.39, 0.29) is 16.8 Å². The van der Waals surface area contributed by atoms with Gasteiger partial charge in [-0.1, -0.05) is 9.00 Å². The summed E-state index contributed by atoms with van der Waals surface area (Å²) in [4.78, 5) is 13.9. The van der Waals surface area contributed by atoms with Crippen LogP contribution in [-0.2, 0) is 15.2 Å². The zero-order valence-electron chi connectivity index (χ0n) is 9.82. The third-order valence-corrected chi connectivity index (χ3v) is 2.48. The highest BCUT2D eigenvalue weighted by molar-refractivity contribution is 7.81. The highest BCUT2D eigenvalue weighted by Gasteiger charge is 2.19. The summed E-state index contributed by atoms with van der Waals surface area (Å²) in [6.07, 6.45) is 0. The van der Waals surface area contributed by atoms with Crippen LogP contribution >= 0.6 is 0 Å². The number of ether oxygens (including phenoxy) is 1. The van der Waals surface area contributed by atoms with Crippen LogP contribution in [0.25, 0.3) is 10.4 Å². The molecule has 0 aliphatic rings. The molecule has 0 spiro atoms. The van der Waals surface area contributed by atoms with Gasteiger partial charge in [0.2, 0.25) is 0 Å². The minimum atomic E-state index is -5.27. The molecule has 19 heavy (non-hydrogen) atoms. The molecule has 0 N–H and O–H groups in total. The maximum Gasteiger partial charge on any atom is 0.488 e. The van der Waals surface area contributed by atoms with Gasteiger partial charge in [-0.25, -0.2) is 4.79 Å². The van der Waals surface area contributed by atoms with Crippen molar-refractivity contribution < 1.29 is 26.0 Å². The third kappa shape index (κ3) is 3.83. The second-order valence-corrected chi connectivity index (χ2v) is 4.23. The van der Waals surface area contributed by atoms with E-state index in [0.717, 1.165) is 13.2 Å². The molecule has 0 bridgehead atoms. The molecule has 0 aliphatic carbocycles. The maximum absolute atomic E-state index is 12.5. The summed E-state index contributed by atoms with van der Waals surface area (Å²) in [5.41, 5.74) is 8.12. The number of azide groups is 1. The largest absolute Gasteiger partial charge is 0.488 e. The topological polar surface area (TPSA) is 118 Å². The molecule has 10 heteroatoms. The molecule has 0 amide bonds. The summed E-state index contributed by atoms with van der Waals surface area (Å²) in [6, 6.07) is 2.15. The molecule has 0 unspecified atom stereocenters. The summed E-state index contributed by atoms with van der Waals surface area (Å²) in [6.45, 7) is 1.33. The Morgan fingerprint density at radius 2 is 2.11 bits per heavy atom. The van der Waals surface area contributed by atoms with E-state index in [1.165, 1.54) is 13.0 Å². The minimum Gasteiger partial charge on any atom is -0.465 e. The van der Waals surface area contributed by atoms with Gasteiger partial charge in [0, 0.05) is 16.2 Å². The number of rotatable bonds is 4. The zero-order chi connectivity index (χ0) is 14.6. The van der Waals surface area contributed by atoms with Gasteiger partial charge in [-0.15, -0.1) is 0 Å². The molecule has 102 valence electrons. The molecular weight excluding hydrogens is 281 g/mol. The molecule has 0 radical (unpaired) electrons. The van der Waals surface area contributed by atoms with E-state index >= 15 is 0 Å². The summed E-state index contributed by atoms with van der Waals surface area (Å²) < 4.78 is 42.0. The second-order valence-electron chi connectivity index (χ2n) is 3.27. The lowest BCUT2D eigenvalue weighted by molar-refractivity contribution is 0.0599. The minimum absolute atomic E-state index is 0.0324. The highest BCUT2D eigenvalue weighted by atomic mass is 32.3. The molecule has 0 heterocycles. The molecule has 1 aromatic rings. The Balaban J connectivity index is 3.49. The lowest BCUT2D eigenvalue weighted by Gasteiger charge is -2.09. The Hall–Kier alpha value is -2.32. The lowest BCUT2D eigenvalue weighted by Crippen LogP contribution is -2.08. The van der Waals surface area contributed by atoms with Gasteiger partial charge < -0.3 is 8.92 Å². The fourth-order valence-electron chi connectivity index (χ4n) is 1.30. The number of methoxy groups -OCH3 is 1. The fraction of sp³-hybridized carbons (Fsp3) is 0.222. The standard InChI is InChI=1S/C9H8FN3O5S/c1-5-7(9(14)17-2)3-6(12-13-11)4-8(5)18-19(10,15)16/h3-4H,1-2H3. The van der Waals surface area contributed by atoms with Crippen molar-refractivity contribution in [3.8, 4) is 5.75 Å². The van der Waals surface area contributed by atoms with Crippen molar-refractivity contribution in [1.82, 2.24) is 0 Å². The number of benzene rings is 1. The van der Waals surface area contributed by atoms with Gasteiger partial charge in [-0.2, -0.15) is 8.42 Å². The normalized spacial score (nSPS) is 10.5. The molecule has 8 nitrogen and oxygen atoms in total. The second kappa shape index (κ2) is 5.55. The Morgan fingerprint density at radius 3 is 2.58 bits per heavy atom. The van der Waals surface area contributed by atoms with Crippen molar-refractivity contribution in [2.24, 2.45) is 5.11 Å². The molecule has 1 rings (SSSR count). The molecule has 0 aliphatic heterocycles. The monoisotopic (exact) mass is 289 g/mol. The smallest absolute Gasteiger partial charge is 0.465 e. The lowest BCUT2D eigenvalue weighted by atomic mass is 10.1. The van der Waals surface area contributed by atoms with E-state index < -0.39 is 22.2 Å². The van der Waals surface area contributed by atoms with Crippen LogP contribution in [0, 0.1) is 6.92 Å². The van der Waals surface area contributed by atoms with Gasteiger partial charge in [0.15, 0.2) is 0 Å². The van der Waals surface area contributed by atoms with Crippen molar-refractivity contribution in [3.05, 3.63) is 33.7 Å². The predicted octanol–water partition coefficient (Wildman–Crippen LogP) is 2.32. The molecule has 0 saturated carbocycles. The quantitative estimate of drug-likeness (QED) is 0.277. The van der Waals surface area contributed by atoms with Crippen LogP contribution in [0.3, 0.4) is 0 Å². The van der Waals surface area contributed by atoms with E-state index in [1.807, 2.05) is 0 Å². The molecule has 0 aromatic heterocycles. The van der Waals surface area contributed by atoms with Gasteiger partial charge in [-0.05, 0) is 24.6 Å². The van der Waals surface area contributed by atoms with Crippen LogP contribution in [0.1, 0.15) is 15.9 Å². The number of halogens is 1. The fourth-order valence-corrected chi connectivity index (χ4v) is 1.69. The van der Waals surface area contributed by atoms with Gasteiger partial charge in [0.1, 0.15) is 5.75 Å². The summed E-state index contributed by atoms with van der Waals surface area (Å²) in [5.74, 6) is -1.28. The van der Waals surface area contributed by atoms with Gasteiger partial charge in [0.05, 0.1) is 12.7 Å². The average Bonchev–Trinajstić information content (AvgIpc) is 2.30. The summed E-state index contributed by atoms with van der Waals surface area (Å²) in [7, 11) is -4.16. The maximum atomic E-state index is 12.5. The van der Waals surface area contributed by atoms with Gasteiger partial charge in [0.25, 0.3) is 0 Å². The Morgan fingerprint density at radius 1 is 1.47 bits per heavy atom. The first kappa shape index (κ1) is 14.7. The van der Waals surface area contributed by atoms with E-state index in [2.05, 4.69) is 18.9 Å². The number of hydrogen-bond acceptors (Lipinski definition) is 6. The third-order valence-electron chi connectivity index (χ3n) is 2.10. The molecule has 0 atom stereocenters. The predicted molar refractivity (Wildman–Crippen MR) is 62.0 cm³/mol. The summed E-state index contributed by atoms with van der Waals surface area (Å²) in [5, 5.41) is 3.19. The number of hydrogen-bond donors (Lipinski definition) is 0. The van der Waals surface area contributed by atoms with Crippen molar-refractivity contribution >= 4 is 22.2 Å². The number of esters is 1. The van der Waals surface area contributed by atoms with Crippen molar-refractivity contribution in [1.29, 1.82) is 0 Å². The molecular formula is C9H8FN3O5S. The van der Waals surface area contributed by atoms with Crippen molar-refractivity contribution in [2.45, 2.75) is 6.92 Å². The van der Waals surface area contributed by atoms with Crippen LogP contribution in [0.15, 0.2) is 17.2 Å². The number of carbonyl (C=O) groups is 1. The number of nitrogens with zero attached hydrogens (tertiary/aromatic N) is 3. The van der Waals surface area contributed by atoms with Crippen LogP contribution in [0.4, 0.5) is 9.57 Å². The Labute approximate surface area is 107 Å². The van der Waals surface area contributed by atoms with E-state index in [4.69, 9.17) is 5.53 Å². The zero-order valence-corrected chi connectivity index (χ0v) is 10.6. The molecule has 0 fully saturated rings. The first-order valence-electron chi connectivity index (χ1n) is 4.70. The summed E-state index contributed by atoms with van der Waals surface area (Å²) >= 11 is 0. The first-order chi connectivity index (χ1) is 8.78. The average molecular weight is 289 g/mol. The van der Waals surface area contributed by atoms with Crippen LogP contribution in [0.2, 0.25) is 0 Å². The SMILES string of the molecule is COC(=O)c1cc(N=[N+]=[N-])cc(OS(=O)(=O)F)c1C. The Bertz CT molecular complexity index is 667. The molecule has 0 saturated heterocycles. The highest BCUT2D eigenvalue weighted by Crippen LogP contribution is 2.30. The van der Waals surface area contributed by atoms with E-state index in [1.54, 1.807) is 0 Å². The molecule has 1 aromatic carbocycles. The van der Waals surface area contributed by atoms with Crippen molar-refractivity contribution in [2.75, 3.05) is 7.11 Å². The Kier molecular flexibility index (Phi) is 4.30. The van der Waals surface area contributed by atoms with E-state index in [0.29, 0.717) is 0 Å². The van der Waals surface area contributed by atoms with Crippen molar-refractivity contribution in [3.63, 3.8) is 0 Å². The first-order valence-corrected chi connectivity index (χ1v) is 6.01. The number of carbonyl (C=O) groups excluding carboxylic acids is 1. The van der Waals surface area contributed by atoms with Crippen LogP contribution < -0.4 is 4.18 Å². The van der Waals surface area contributed by atoms with Crippen LogP contribution in [0.5, 0.6) is 5.75 Å². The van der Waals surface area contributed by atoms with Gasteiger partial charge >= 0.3 is 16.5 Å².